The number of amides is 1. The number of hydrogen-bond donors (Lipinski definition) is 4. The third-order valence-electron chi connectivity index (χ3n) is 2.20. The largest absolute Gasteiger partial charge is 0.394 e. The van der Waals surface area contributed by atoms with Gasteiger partial charge in [-0.15, -0.1) is 0 Å². The Hall–Kier alpha value is -0.690. The van der Waals surface area contributed by atoms with E-state index in [4.69, 9.17) is 9.84 Å². The molecule has 1 amide bonds. The van der Waals surface area contributed by atoms with Gasteiger partial charge in [0.25, 0.3) is 0 Å². The van der Waals surface area contributed by atoms with E-state index in [0.29, 0.717) is 0 Å². The fourth-order valence-corrected chi connectivity index (χ4v) is 1.43. The fraction of sp³-hybridized carbons (Fsp3) is 0.875. The molecule has 6 nitrogen and oxygen atoms in total. The summed E-state index contributed by atoms with van der Waals surface area (Å²) in [5.41, 5.74) is 0. The Balaban J connectivity index is 2.54. The van der Waals surface area contributed by atoms with Gasteiger partial charge in [-0.1, -0.05) is 0 Å². The second kappa shape index (κ2) is 4.70. The molecule has 4 N–H and O–H groups in total. The van der Waals surface area contributed by atoms with Crippen molar-refractivity contribution in [3.63, 3.8) is 0 Å². The van der Waals surface area contributed by atoms with Gasteiger partial charge in [0.2, 0.25) is 5.91 Å². The predicted octanol–water partition coefficient (Wildman–Crippen LogP) is -2.40. The van der Waals surface area contributed by atoms with E-state index in [0.717, 1.165) is 0 Å². The van der Waals surface area contributed by atoms with Gasteiger partial charge in [-0.05, 0) is 0 Å². The van der Waals surface area contributed by atoms with Crippen LogP contribution in [0, 0.1) is 0 Å². The third-order valence-corrected chi connectivity index (χ3v) is 2.20. The summed E-state index contributed by atoms with van der Waals surface area (Å²) in [6, 6.07) is -0.620. The Morgan fingerprint density at radius 3 is 2.64 bits per heavy atom. The standard InChI is InChI=1S/C8H15NO5/c1-4(11)9-5-3-14-6(2-10)8(13)7(5)12/h5-8,10,12-13H,2-3H2,1H3,(H,9,11)/t5-,6-,7-,8-/m1/s1. The molecule has 0 saturated carbocycles. The van der Waals surface area contributed by atoms with Crippen LogP contribution in [0.1, 0.15) is 6.92 Å². The van der Waals surface area contributed by atoms with E-state index in [1.165, 1.54) is 6.92 Å². The molecule has 6 heteroatoms. The summed E-state index contributed by atoms with van der Waals surface area (Å²) < 4.78 is 5.05. The van der Waals surface area contributed by atoms with Crippen LogP contribution in [0.25, 0.3) is 0 Å². The molecule has 14 heavy (non-hydrogen) atoms. The number of hydrogen-bond acceptors (Lipinski definition) is 5. The maximum atomic E-state index is 10.7. The van der Waals surface area contributed by atoms with Crippen LogP contribution in [0.4, 0.5) is 0 Å². The molecule has 1 saturated heterocycles. The molecule has 1 fully saturated rings. The highest BCUT2D eigenvalue weighted by Gasteiger charge is 2.38. The number of carbonyl (C=O) groups excluding carboxylic acids is 1. The van der Waals surface area contributed by atoms with Crippen LogP contribution < -0.4 is 5.32 Å². The molecule has 0 unspecified atom stereocenters. The van der Waals surface area contributed by atoms with Crippen molar-refractivity contribution in [2.24, 2.45) is 0 Å². The number of carbonyl (C=O) groups is 1. The first-order chi connectivity index (χ1) is 6.56. The second-order valence-electron chi connectivity index (χ2n) is 3.34. The van der Waals surface area contributed by atoms with Crippen molar-refractivity contribution in [1.29, 1.82) is 0 Å². The maximum Gasteiger partial charge on any atom is 0.217 e. The van der Waals surface area contributed by atoms with Crippen LogP contribution >= 0.6 is 0 Å². The zero-order chi connectivity index (χ0) is 10.7. The number of aliphatic hydroxyl groups excluding tert-OH is 3. The van der Waals surface area contributed by atoms with Gasteiger partial charge in [0.1, 0.15) is 18.3 Å². The van der Waals surface area contributed by atoms with Gasteiger partial charge in [0.15, 0.2) is 0 Å². The first kappa shape index (κ1) is 11.4. The summed E-state index contributed by atoms with van der Waals surface area (Å²) in [6.45, 7) is 1.05. The van der Waals surface area contributed by atoms with E-state index < -0.39 is 24.4 Å². The van der Waals surface area contributed by atoms with Crippen LogP contribution in [0.2, 0.25) is 0 Å². The Kier molecular flexibility index (Phi) is 3.82. The van der Waals surface area contributed by atoms with Crippen molar-refractivity contribution in [3.8, 4) is 0 Å². The predicted molar refractivity (Wildman–Crippen MR) is 46.4 cm³/mol. The molecule has 0 radical (unpaired) electrons. The molecule has 4 atom stereocenters. The number of aliphatic hydroxyl groups is 3. The van der Waals surface area contributed by atoms with E-state index in [-0.39, 0.29) is 19.1 Å². The van der Waals surface area contributed by atoms with Crippen LogP contribution in [-0.4, -0.2) is 58.8 Å². The van der Waals surface area contributed by atoms with E-state index in [1.54, 1.807) is 0 Å². The Morgan fingerprint density at radius 1 is 1.50 bits per heavy atom. The monoisotopic (exact) mass is 205 g/mol. The van der Waals surface area contributed by atoms with Gasteiger partial charge in [-0.3, -0.25) is 4.79 Å². The van der Waals surface area contributed by atoms with Crippen LogP contribution in [-0.2, 0) is 9.53 Å². The maximum absolute atomic E-state index is 10.7. The minimum absolute atomic E-state index is 0.0863. The highest BCUT2D eigenvalue weighted by atomic mass is 16.5. The first-order valence-electron chi connectivity index (χ1n) is 4.42. The summed E-state index contributed by atoms with van der Waals surface area (Å²) in [7, 11) is 0. The second-order valence-corrected chi connectivity index (χ2v) is 3.34. The van der Waals surface area contributed by atoms with Crippen molar-refractivity contribution < 1.29 is 24.9 Å². The average molecular weight is 205 g/mol. The summed E-state index contributed by atoms with van der Waals surface area (Å²) in [5, 5.41) is 30.2. The molecular weight excluding hydrogens is 190 g/mol. The van der Waals surface area contributed by atoms with Crippen molar-refractivity contribution in [3.05, 3.63) is 0 Å². The molecule has 1 rings (SSSR count). The van der Waals surface area contributed by atoms with E-state index >= 15 is 0 Å². The zero-order valence-electron chi connectivity index (χ0n) is 7.88. The molecule has 82 valence electrons. The lowest BCUT2D eigenvalue weighted by molar-refractivity contribution is -0.164. The quantitative estimate of drug-likeness (QED) is 0.403. The minimum Gasteiger partial charge on any atom is -0.394 e. The molecule has 0 bridgehead atoms. The van der Waals surface area contributed by atoms with Crippen molar-refractivity contribution in [2.45, 2.75) is 31.3 Å². The molecule has 1 heterocycles. The topological polar surface area (TPSA) is 99.0 Å². The van der Waals surface area contributed by atoms with Gasteiger partial charge < -0.3 is 25.4 Å². The van der Waals surface area contributed by atoms with Crippen LogP contribution in [0.5, 0.6) is 0 Å². The summed E-state index contributed by atoms with van der Waals surface area (Å²) >= 11 is 0. The summed E-state index contributed by atoms with van der Waals surface area (Å²) in [4.78, 5) is 10.7. The normalized spacial score (nSPS) is 38.0. The molecule has 0 aliphatic carbocycles. The molecule has 0 aromatic rings. The van der Waals surface area contributed by atoms with E-state index in [2.05, 4.69) is 5.32 Å². The van der Waals surface area contributed by atoms with Gasteiger partial charge in [-0.2, -0.15) is 0 Å². The highest BCUT2D eigenvalue weighted by Crippen LogP contribution is 2.14. The first-order valence-corrected chi connectivity index (χ1v) is 4.42. The van der Waals surface area contributed by atoms with Crippen molar-refractivity contribution >= 4 is 5.91 Å². The lowest BCUT2D eigenvalue weighted by Crippen LogP contribution is -2.59. The summed E-state index contributed by atoms with van der Waals surface area (Å²) in [5.74, 6) is -0.299. The van der Waals surface area contributed by atoms with Gasteiger partial charge in [0, 0.05) is 6.92 Å². The van der Waals surface area contributed by atoms with Crippen molar-refractivity contribution in [1.82, 2.24) is 5.32 Å². The highest BCUT2D eigenvalue weighted by molar-refractivity contribution is 5.73. The average Bonchev–Trinajstić information content (AvgIpc) is 2.13. The number of rotatable bonds is 2. The third kappa shape index (κ3) is 2.42. The van der Waals surface area contributed by atoms with Crippen LogP contribution in [0.3, 0.4) is 0 Å². The van der Waals surface area contributed by atoms with Crippen LogP contribution in [0.15, 0.2) is 0 Å². The Labute approximate surface area is 81.5 Å². The van der Waals surface area contributed by atoms with E-state index in [9.17, 15) is 15.0 Å². The van der Waals surface area contributed by atoms with Gasteiger partial charge >= 0.3 is 0 Å². The lowest BCUT2D eigenvalue weighted by atomic mass is 9.98. The SMILES string of the molecule is CC(=O)N[C@@H]1CO[C@H](CO)[C@@H](O)[C@@H]1O. The summed E-state index contributed by atoms with van der Waals surface area (Å²) in [6.07, 6.45) is -3.06. The molecular formula is C8H15NO5. The number of ether oxygens (including phenoxy) is 1. The Morgan fingerprint density at radius 2 is 2.14 bits per heavy atom. The zero-order valence-corrected chi connectivity index (χ0v) is 7.88. The lowest BCUT2D eigenvalue weighted by Gasteiger charge is -2.36. The molecule has 0 aromatic heterocycles. The number of nitrogens with one attached hydrogen (secondary N) is 1. The van der Waals surface area contributed by atoms with Gasteiger partial charge in [0.05, 0.1) is 19.3 Å². The molecule has 1 aliphatic heterocycles. The van der Waals surface area contributed by atoms with E-state index in [1.807, 2.05) is 0 Å². The van der Waals surface area contributed by atoms with Crippen molar-refractivity contribution in [2.75, 3.05) is 13.2 Å². The van der Waals surface area contributed by atoms with Gasteiger partial charge in [-0.25, -0.2) is 0 Å². The minimum atomic E-state index is -1.18. The smallest absolute Gasteiger partial charge is 0.217 e. The Bertz CT molecular complexity index is 210. The molecule has 0 spiro atoms. The fourth-order valence-electron chi connectivity index (χ4n) is 1.43. The molecule has 0 aromatic carbocycles. The molecule has 1 aliphatic rings.